The zero-order chi connectivity index (χ0) is 12.3. The van der Waals surface area contributed by atoms with E-state index in [0.717, 1.165) is 16.5 Å². The maximum Gasteiger partial charge on any atom is 0.224 e. The largest absolute Gasteiger partial charge is 0.361 e. The lowest BCUT2D eigenvalue weighted by atomic mass is 10.1. The normalized spacial score (nSPS) is 10.7. The fraction of sp³-hybridized carbons (Fsp3) is 0.308. The Morgan fingerprint density at radius 2 is 2.29 bits per heavy atom. The van der Waals surface area contributed by atoms with Crippen molar-refractivity contribution in [2.24, 2.45) is 5.73 Å². The van der Waals surface area contributed by atoms with E-state index in [2.05, 4.69) is 22.4 Å². The van der Waals surface area contributed by atoms with Gasteiger partial charge in [0.05, 0.1) is 6.42 Å². The van der Waals surface area contributed by atoms with Crippen molar-refractivity contribution >= 4 is 16.8 Å². The monoisotopic (exact) mass is 231 g/mol. The van der Waals surface area contributed by atoms with Gasteiger partial charge >= 0.3 is 0 Å². The van der Waals surface area contributed by atoms with Crippen LogP contribution >= 0.6 is 0 Å². The number of nitrogens with two attached hydrogens (primary N) is 1. The summed E-state index contributed by atoms with van der Waals surface area (Å²) in [5.41, 5.74) is 8.64. The molecule has 0 aliphatic heterocycles. The van der Waals surface area contributed by atoms with E-state index in [0.29, 0.717) is 19.5 Å². The predicted molar refractivity (Wildman–Crippen MR) is 68.8 cm³/mol. The highest BCUT2D eigenvalue weighted by Crippen LogP contribution is 2.19. The van der Waals surface area contributed by atoms with Crippen LogP contribution in [0.4, 0.5) is 0 Å². The fourth-order valence-corrected chi connectivity index (χ4v) is 1.89. The van der Waals surface area contributed by atoms with Gasteiger partial charge in [0.1, 0.15) is 0 Å². The Bertz CT molecular complexity index is 530. The molecule has 90 valence electrons. The van der Waals surface area contributed by atoms with Gasteiger partial charge in [-0.3, -0.25) is 4.79 Å². The van der Waals surface area contributed by atoms with Gasteiger partial charge in [0.15, 0.2) is 0 Å². The first-order valence-corrected chi connectivity index (χ1v) is 5.74. The van der Waals surface area contributed by atoms with E-state index in [-0.39, 0.29) is 5.91 Å². The predicted octanol–water partition coefficient (Wildman–Crippen LogP) is 1.09. The van der Waals surface area contributed by atoms with Crippen molar-refractivity contribution in [3.05, 3.63) is 35.5 Å². The van der Waals surface area contributed by atoms with Gasteiger partial charge in [0.2, 0.25) is 5.91 Å². The molecule has 1 heterocycles. The topological polar surface area (TPSA) is 70.9 Å². The van der Waals surface area contributed by atoms with Gasteiger partial charge in [-0.05, 0) is 24.1 Å². The van der Waals surface area contributed by atoms with Gasteiger partial charge in [-0.1, -0.05) is 12.1 Å². The van der Waals surface area contributed by atoms with Crippen molar-refractivity contribution in [1.29, 1.82) is 0 Å². The Labute approximate surface area is 100 Å². The molecule has 4 N–H and O–H groups in total. The number of H-pyrrole nitrogens is 1. The standard InChI is InChI=1S/C13H17N3O/c1-9-2-3-11-10(8-16-12(11)6-9)7-13(17)15-5-4-14/h2-3,6,8,16H,4-5,7,14H2,1H3,(H,15,17). The number of hydrogen-bond donors (Lipinski definition) is 3. The summed E-state index contributed by atoms with van der Waals surface area (Å²) in [6.45, 7) is 3.05. The van der Waals surface area contributed by atoms with Gasteiger partial charge in [-0.25, -0.2) is 0 Å². The lowest BCUT2D eigenvalue weighted by molar-refractivity contribution is -0.120. The number of fused-ring (bicyclic) bond motifs is 1. The third-order valence-electron chi connectivity index (χ3n) is 2.74. The minimum absolute atomic E-state index is 0.0110. The highest BCUT2D eigenvalue weighted by atomic mass is 16.1. The highest BCUT2D eigenvalue weighted by Gasteiger charge is 2.08. The van der Waals surface area contributed by atoms with Crippen molar-refractivity contribution in [3.8, 4) is 0 Å². The van der Waals surface area contributed by atoms with E-state index in [1.807, 2.05) is 19.2 Å². The molecule has 0 saturated carbocycles. The van der Waals surface area contributed by atoms with Crippen LogP contribution < -0.4 is 11.1 Å². The molecule has 0 atom stereocenters. The van der Waals surface area contributed by atoms with Crippen LogP contribution in [-0.4, -0.2) is 24.0 Å². The van der Waals surface area contributed by atoms with Crippen LogP contribution in [0.3, 0.4) is 0 Å². The Balaban J connectivity index is 2.16. The summed E-state index contributed by atoms with van der Waals surface area (Å²) in [6.07, 6.45) is 2.29. The molecule has 2 rings (SSSR count). The summed E-state index contributed by atoms with van der Waals surface area (Å²) >= 11 is 0. The maximum absolute atomic E-state index is 11.6. The van der Waals surface area contributed by atoms with Crippen molar-refractivity contribution in [2.45, 2.75) is 13.3 Å². The molecule has 0 radical (unpaired) electrons. The first kappa shape index (κ1) is 11.7. The Morgan fingerprint density at radius 3 is 3.06 bits per heavy atom. The number of rotatable bonds is 4. The van der Waals surface area contributed by atoms with E-state index in [4.69, 9.17) is 5.73 Å². The van der Waals surface area contributed by atoms with Crippen molar-refractivity contribution in [3.63, 3.8) is 0 Å². The molecule has 4 heteroatoms. The first-order chi connectivity index (χ1) is 8.20. The average Bonchev–Trinajstić information content (AvgIpc) is 2.69. The van der Waals surface area contributed by atoms with E-state index in [1.54, 1.807) is 0 Å². The number of carbonyl (C=O) groups excluding carboxylic acids is 1. The van der Waals surface area contributed by atoms with Gasteiger partial charge in [0, 0.05) is 30.2 Å². The molecule has 0 saturated heterocycles. The number of amides is 1. The number of aromatic nitrogens is 1. The molecule has 17 heavy (non-hydrogen) atoms. The third-order valence-corrected chi connectivity index (χ3v) is 2.74. The highest BCUT2D eigenvalue weighted by molar-refractivity contribution is 5.89. The zero-order valence-corrected chi connectivity index (χ0v) is 9.92. The molecular formula is C13H17N3O. The number of aryl methyl sites for hydroxylation is 1. The summed E-state index contributed by atoms with van der Waals surface area (Å²) < 4.78 is 0. The average molecular weight is 231 g/mol. The quantitative estimate of drug-likeness (QED) is 0.737. The number of benzene rings is 1. The molecule has 4 nitrogen and oxygen atoms in total. The second kappa shape index (κ2) is 5.01. The molecule has 2 aromatic rings. The number of hydrogen-bond acceptors (Lipinski definition) is 2. The first-order valence-electron chi connectivity index (χ1n) is 5.74. The summed E-state index contributed by atoms with van der Waals surface area (Å²) in [5, 5.41) is 3.88. The van der Waals surface area contributed by atoms with Gasteiger partial charge in [0.25, 0.3) is 0 Å². The zero-order valence-electron chi connectivity index (χ0n) is 9.92. The molecule has 0 spiro atoms. The van der Waals surface area contributed by atoms with Crippen LogP contribution in [0.25, 0.3) is 10.9 Å². The Kier molecular flexibility index (Phi) is 3.44. The minimum atomic E-state index is 0.0110. The molecule has 0 bridgehead atoms. The lowest BCUT2D eigenvalue weighted by Crippen LogP contribution is -2.30. The van der Waals surface area contributed by atoms with Crippen LogP contribution in [-0.2, 0) is 11.2 Å². The summed E-state index contributed by atoms with van der Waals surface area (Å²) in [4.78, 5) is 14.8. The van der Waals surface area contributed by atoms with E-state index >= 15 is 0 Å². The van der Waals surface area contributed by atoms with Crippen LogP contribution in [0, 0.1) is 6.92 Å². The lowest BCUT2D eigenvalue weighted by Gasteiger charge is -2.02. The second-order valence-electron chi connectivity index (χ2n) is 4.18. The summed E-state index contributed by atoms with van der Waals surface area (Å²) in [6, 6.07) is 6.18. The van der Waals surface area contributed by atoms with Gasteiger partial charge in [-0.15, -0.1) is 0 Å². The molecule has 0 aliphatic rings. The smallest absolute Gasteiger partial charge is 0.224 e. The van der Waals surface area contributed by atoms with E-state index in [9.17, 15) is 4.79 Å². The van der Waals surface area contributed by atoms with E-state index < -0.39 is 0 Å². The van der Waals surface area contributed by atoms with Gasteiger partial charge < -0.3 is 16.0 Å². The number of nitrogens with one attached hydrogen (secondary N) is 2. The number of carbonyl (C=O) groups is 1. The summed E-state index contributed by atoms with van der Waals surface area (Å²) in [5.74, 6) is 0.0110. The third kappa shape index (κ3) is 2.65. The van der Waals surface area contributed by atoms with Crippen LogP contribution in [0.2, 0.25) is 0 Å². The molecule has 1 aromatic heterocycles. The van der Waals surface area contributed by atoms with Crippen LogP contribution in [0.15, 0.2) is 24.4 Å². The number of aromatic amines is 1. The fourth-order valence-electron chi connectivity index (χ4n) is 1.89. The van der Waals surface area contributed by atoms with Gasteiger partial charge in [-0.2, -0.15) is 0 Å². The Morgan fingerprint density at radius 1 is 1.47 bits per heavy atom. The molecule has 0 fully saturated rings. The van der Waals surface area contributed by atoms with Crippen LogP contribution in [0.5, 0.6) is 0 Å². The molecule has 0 unspecified atom stereocenters. The molecule has 1 aromatic carbocycles. The van der Waals surface area contributed by atoms with Crippen molar-refractivity contribution < 1.29 is 4.79 Å². The van der Waals surface area contributed by atoms with Crippen molar-refractivity contribution in [1.82, 2.24) is 10.3 Å². The molecule has 0 aliphatic carbocycles. The second-order valence-corrected chi connectivity index (χ2v) is 4.18. The SMILES string of the molecule is Cc1ccc2c(CC(=O)NCCN)c[nH]c2c1. The van der Waals surface area contributed by atoms with E-state index in [1.165, 1.54) is 5.56 Å². The molecular weight excluding hydrogens is 214 g/mol. The van der Waals surface area contributed by atoms with Crippen LogP contribution in [0.1, 0.15) is 11.1 Å². The minimum Gasteiger partial charge on any atom is -0.361 e. The summed E-state index contributed by atoms with van der Waals surface area (Å²) in [7, 11) is 0. The Hall–Kier alpha value is -1.81. The molecule has 1 amide bonds. The van der Waals surface area contributed by atoms with Crippen molar-refractivity contribution in [2.75, 3.05) is 13.1 Å². The maximum atomic E-state index is 11.6.